The third-order valence-electron chi connectivity index (χ3n) is 10.00. The number of hydrogen-bond acceptors (Lipinski definition) is 4. The van der Waals surface area contributed by atoms with E-state index in [-0.39, 0.29) is 0 Å². The molecule has 0 aliphatic carbocycles. The standard InChI is InChI=1S/C45H27N5O/c1-3-11-30(12-4-1)49-38-17-9-7-15-32(38)34-21-19-28(25-40(34)49)36-23-24-42-43(47-36)44-45(51-42)46-27-37(48-44)29-20-22-35-33-16-8-10-18-39(33)50(41(35)26-29)31-13-5-2-6-14-31/h1-27H. The molecule has 0 fully saturated rings. The number of pyridine rings is 1. The van der Waals surface area contributed by atoms with Crippen molar-refractivity contribution in [2.45, 2.75) is 0 Å². The molecule has 11 rings (SSSR count). The Bertz CT molecular complexity index is 2920. The number of hydrogen-bond donors (Lipinski definition) is 0. The van der Waals surface area contributed by atoms with Gasteiger partial charge in [0.2, 0.25) is 5.71 Å². The van der Waals surface area contributed by atoms with E-state index >= 15 is 0 Å². The molecule has 51 heavy (non-hydrogen) atoms. The minimum absolute atomic E-state index is 0.470. The number of aromatic nitrogens is 5. The molecule has 5 aromatic heterocycles. The first-order chi connectivity index (χ1) is 25.3. The first-order valence-electron chi connectivity index (χ1n) is 17.0. The molecule has 6 aromatic carbocycles. The fourth-order valence-corrected chi connectivity index (χ4v) is 7.68. The second kappa shape index (κ2) is 10.7. The van der Waals surface area contributed by atoms with Crippen LogP contribution in [0.5, 0.6) is 0 Å². The lowest BCUT2D eigenvalue weighted by Crippen LogP contribution is -1.94. The van der Waals surface area contributed by atoms with E-state index in [2.05, 4.69) is 143 Å². The van der Waals surface area contributed by atoms with E-state index < -0.39 is 0 Å². The zero-order chi connectivity index (χ0) is 33.5. The number of fused-ring (bicyclic) bond motifs is 9. The first-order valence-corrected chi connectivity index (χ1v) is 17.0. The van der Waals surface area contributed by atoms with Gasteiger partial charge in [-0.05, 0) is 60.7 Å². The van der Waals surface area contributed by atoms with E-state index in [0.717, 1.165) is 50.4 Å². The summed E-state index contributed by atoms with van der Waals surface area (Å²) in [5.41, 5.74) is 12.9. The molecule has 0 amide bonds. The SMILES string of the molecule is c1ccc(-n2c3ccccc3c3ccc(-c4ccc5oc6ncc(-c7ccc8c9ccccc9n(-c9ccccc9)c8c7)nc6c5n4)cc32)cc1. The first kappa shape index (κ1) is 27.9. The third kappa shape index (κ3) is 4.20. The second-order valence-electron chi connectivity index (χ2n) is 12.9. The zero-order valence-corrected chi connectivity index (χ0v) is 27.2. The minimum Gasteiger partial charge on any atom is -0.435 e. The van der Waals surface area contributed by atoms with E-state index in [1.54, 1.807) is 6.20 Å². The average Bonchev–Trinajstić information content (AvgIpc) is 3.85. The van der Waals surface area contributed by atoms with Gasteiger partial charge in [-0.2, -0.15) is 0 Å². The lowest BCUT2D eigenvalue weighted by atomic mass is 10.1. The Morgan fingerprint density at radius 3 is 1.53 bits per heavy atom. The Morgan fingerprint density at radius 2 is 0.922 bits per heavy atom. The highest BCUT2D eigenvalue weighted by atomic mass is 16.3. The van der Waals surface area contributed by atoms with Crippen LogP contribution in [0.15, 0.2) is 168 Å². The molecule has 11 aromatic rings. The van der Waals surface area contributed by atoms with Crippen molar-refractivity contribution in [1.82, 2.24) is 24.1 Å². The summed E-state index contributed by atoms with van der Waals surface area (Å²) in [6.45, 7) is 0. The molecule has 6 nitrogen and oxygen atoms in total. The van der Waals surface area contributed by atoms with Gasteiger partial charge < -0.3 is 13.6 Å². The quantitative estimate of drug-likeness (QED) is 0.190. The summed E-state index contributed by atoms with van der Waals surface area (Å²) >= 11 is 0. The number of rotatable bonds is 4. The number of para-hydroxylation sites is 4. The van der Waals surface area contributed by atoms with Gasteiger partial charge in [0, 0.05) is 44.0 Å². The van der Waals surface area contributed by atoms with Gasteiger partial charge in [0.25, 0.3) is 0 Å². The van der Waals surface area contributed by atoms with E-state index in [1.165, 1.54) is 27.1 Å². The topological polar surface area (TPSA) is 61.7 Å². The number of furan rings is 1. The number of benzene rings is 6. The monoisotopic (exact) mass is 653 g/mol. The molecule has 0 aliphatic rings. The van der Waals surface area contributed by atoms with E-state index in [0.29, 0.717) is 22.3 Å². The van der Waals surface area contributed by atoms with Gasteiger partial charge in [0.15, 0.2) is 11.1 Å². The van der Waals surface area contributed by atoms with E-state index in [1.807, 2.05) is 24.3 Å². The minimum atomic E-state index is 0.470. The van der Waals surface area contributed by atoms with E-state index in [9.17, 15) is 0 Å². The molecule has 0 unspecified atom stereocenters. The Hall–Kier alpha value is -7.05. The summed E-state index contributed by atoms with van der Waals surface area (Å²) in [5.74, 6) is 0. The molecule has 0 atom stereocenters. The van der Waals surface area contributed by atoms with Crippen molar-refractivity contribution < 1.29 is 4.42 Å². The highest BCUT2D eigenvalue weighted by molar-refractivity contribution is 6.11. The normalized spacial score (nSPS) is 11.9. The molecule has 0 radical (unpaired) electrons. The lowest BCUT2D eigenvalue weighted by molar-refractivity contribution is 0.652. The maximum atomic E-state index is 6.16. The number of nitrogens with zero attached hydrogens (tertiary/aromatic N) is 5. The maximum Gasteiger partial charge on any atom is 0.248 e. The third-order valence-corrected chi connectivity index (χ3v) is 10.00. The van der Waals surface area contributed by atoms with Crippen molar-refractivity contribution in [1.29, 1.82) is 0 Å². The van der Waals surface area contributed by atoms with Gasteiger partial charge in [-0.25, -0.2) is 15.0 Å². The smallest absolute Gasteiger partial charge is 0.248 e. The van der Waals surface area contributed by atoms with Crippen LogP contribution in [-0.4, -0.2) is 24.1 Å². The summed E-state index contributed by atoms with van der Waals surface area (Å²) in [6, 6.07) is 55.2. The molecular formula is C45H27N5O. The molecular weight excluding hydrogens is 627 g/mol. The highest BCUT2D eigenvalue weighted by Gasteiger charge is 2.18. The van der Waals surface area contributed by atoms with Crippen molar-refractivity contribution in [3.8, 4) is 33.9 Å². The van der Waals surface area contributed by atoms with Crippen LogP contribution in [0.2, 0.25) is 0 Å². The summed E-state index contributed by atoms with van der Waals surface area (Å²) in [5, 5.41) is 4.82. The molecule has 0 saturated heterocycles. The molecule has 0 bridgehead atoms. The molecule has 6 heteroatoms. The Balaban J connectivity index is 1.07. The maximum absolute atomic E-state index is 6.16. The van der Waals surface area contributed by atoms with Gasteiger partial charge in [-0.3, -0.25) is 0 Å². The molecule has 0 aliphatic heterocycles. The van der Waals surface area contributed by atoms with Crippen molar-refractivity contribution in [3.63, 3.8) is 0 Å². The summed E-state index contributed by atoms with van der Waals surface area (Å²) in [7, 11) is 0. The van der Waals surface area contributed by atoms with Crippen molar-refractivity contribution in [2.24, 2.45) is 0 Å². The lowest BCUT2D eigenvalue weighted by Gasteiger charge is -2.09. The highest BCUT2D eigenvalue weighted by Crippen LogP contribution is 2.37. The average molecular weight is 654 g/mol. The molecule has 0 spiro atoms. The van der Waals surface area contributed by atoms with Crippen LogP contribution in [0.3, 0.4) is 0 Å². The largest absolute Gasteiger partial charge is 0.435 e. The van der Waals surface area contributed by atoms with Crippen LogP contribution in [0, 0.1) is 0 Å². The summed E-state index contributed by atoms with van der Waals surface area (Å²) < 4.78 is 10.8. The van der Waals surface area contributed by atoms with Crippen LogP contribution in [0.1, 0.15) is 0 Å². The molecule has 0 saturated carbocycles. The molecule has 5 heterocycles. The fourth-order valence-electron chi connectivity index (χ4n) is 7.68. The summed E-state index contributed by atoms with van der Waals surface area (Å²) in [6.07, 6.45) is 1.79. The van der Waals surface area contributed by atoms with Crippen LogP contribution in [0.25, 0.3) is 99.8 Å². The Kier molecular flexibility index (Phi) is 5.86. The van der Waals surface area contributed by atoms with Gasteiger partial charge >= 0.3 is 0 Å². The van der Waals surface area contributed by atoms with Crippen LogP contribution in [-0.2, 0) is 0 Å². The van der Waals surface area contributed by atoms with Crippen LogP contribution >= 0.6 is 0 Å². The van der Waals surface area contributed by atoms with Gasteiger partial charge in [0.05, 0.1) is 39.7 Å². The van der Waals surface area contributed by atoms with Crippen molar-refractivity contribution >= 4 is 65.9 Å². The van der Waals surface area contributed by atoms with Crippen LogP contribution < -0.4 is 0 Å². The Labute approximate surface area is 291 Å². The van der Waals surface area contributed by atoms with Gasteiger partial charge in [-0.1, -0.05) is 97.1 Å². The predicted octanol–water partition coefficient (Wildman–Crippen LogP) is 11.3. The fraction of sp³-hybridized carbons (Fsp3) is 0. The van der Waals surface area contributed by atoms with Gasteiger partial charge in [0.1, 0.15) is 5.52 Å². The van der Waals surface area contributed by atoms with Crippen LogP contribution in [0.4, 0.5) is 0 Å². The Morgan fingerprint density at radius 1 is 0.412 bits per heavy atom. The predicted molar refractivity (Wildman–Crippen MR) is 207 cm³/mol. The summed E-state index contributed by atoms with van der Waals surface area (Å²) in [4.78, 5) is 15.0. The molecule has 0 N–H and O–H groups in total. The zero-order valence-electron chi connectivity index (χ0n) is 27.2. The van der Waals surface area contributed by atoms with Gasteiger partial charge in [-0.15, -0.1) is 0 Å². The van der Waals surface area contributed by atoms with E-state index in [4.69, 9.17) is 19.4 Å². The van der Waals surface area contributed by atoms with Crippen molar-refractivity contribution in [3.05, 3.63) is 164 Å². The van der Waals surface area contributed by atoms with Crippen molar-refractivity contribution in [2.75, 3.05) is 0 Å². The second-order valence-corrected chi connectivity index (χ2v) is 12.9. The molecule has 238 valence electrons.